The highest BCUT2D eigenvalue weighted by atomic mass is 16.7. The quantitative estimate of drug-likeness (QED) is 0.229. The number of fused-ring (bicyclic) bond motifs is 1. The van der Waals surface area contributed by atoms with Crippen LogP contribution >= 0.6 is 0 Å². The molecule has 13 heteroatoms. The Kier molecular flexibility index (Phi) is 8.48. The van der Waals surface area contributed by atoms with Crippen LogP contribution in [-0.4, -0.2) is 75.0 Å². The summed E-state index contributed by atoms with van der Waals surface area (Å²) in [7, 11) is 0. The molecule has 1 aliphatic rings. The van der Waals surface area contributed by atoms with Crippen molar-refractivity contribution >= 4 is 34.6 Å². The third-order valence-electron chi connectivity index (χ3n) is 5.55. The second-order valence-corrected chi connectivity index (χ2v) is 9.52. The predicted molar refractivity (Wildman–Crippen MR) is 130 cm³/mol. The zero-order chi connectivity index (χ0) is 27.3. The van der Waals surface area contributed by atoms with Crippen molar-refractivity contribution in [1.29, 1.82) is 0 Å². The number of likely N-dealkylation sites (tertiary alicyclic amines) is 1. The number of aromatic nitrogens is 1. The van der Waals surface area contributed by atoms with Gasteiger partial charge in [0.1, 0.15) is 29.0 Å². The third-order valence-corrected chi connectivity index (χ3v) is 5.55. The second-order valence-electron chi connectivity index (χ2n) is 9.52. The molecule has 0 radical (unpaired) electrons. The fourth-order valence-electron chi connectivity index (χ4n) is 3.93. The van der Waals surface area contributed by atoms with E-state index in [-0.39, 0.29) is 28.9 Å². The lowest BCUT2D eigenvalue weighted by Crippen LogP contribution is -2.56. The summed E-state index contributed by atoms with van der Waals surface area (Å²) in [6, 6.07) is 3.46. The van der Waals surface area contributed by atoms with Gasteiger partial charge in [0, 0.05) is 18.8 Å². The number of carbonyl (C=O) groups is 3. The Balaban J connectivity index is 1.64. The minimum atomic E-state index is -1.32. The summed E-state index contributed by atoms with van der Waals surface area (Å²) in [6.45, 7) is 6.05. The van der Waals surface area contributed by atoms with Gasteiger partial charge in [-0.2, -0.15) is 0 Å². The lowest BCUT2D eigenvalue weighted by atomic mass is 10.1. The number of nitro benzene ring substituents is 1. The average molecular weight is 519 g/mol. The molecule has 2 amide bonds. The molecule has 0 saturated carbocycles. The van der Waals surface area contributed by atoms with Gasteiger partial charge in [-0.05, 0) is 58.7 Å². The number of ether oxygens (including phenoxy) is 3. The largest absolute Gasteiger partial charge is 0.455 e. The zero-order valence-corrected chi connectivity index (χ0v) is 21.0. The Morgan fingerprint density at radius 3 is 2.68 bits per heavy atom. The first kappa shape index (κ1) is 27.6. The molecule has 37 heavy (non-hydrogen) atoms. The number of pyridine rings is 1. The highest BCUT2D eigenvalue weighted by Crippen LogP contribution is 2.31. The van der Waals surface area contributed by atoms with Gasteiger partial charge in [0.25, 0.3) is 5.69 Å². The first-order valence-electron chi connectivity index (χ1n) is 11.7. The molecule has 1 fully saturated rings. The van der Waals surface area contributed by atoms with Gasteiger partial charge in [0.05, 0.1) is 16.4 Å². The molecule has 2 heterocycles. The van der Waals surface area contributed by atoms with Gasteiger partial charge in [-0.1, -0.05) is 0 Å². The van der Waals surface area contributed by atoms with Crippen LogP contribution in [0.15, 0.2) is 30.5 Å². The Morgan fingerprint density at radius 2 is 2.03 bits per heavy atom. The number of hydrogen-bond acceptors (Lipinski definition) is 10. The van der Waals surface area contributed by atoms with Crippen LogP contribution < -0.4 is 10.1 Å². The van der Waals surface area contributed by atoms with Crippen LogP contribution in [0.2, 0.25) is 0 Å². The minimum absolute atomic E-state index is 0.139. The van der Waals surface area contributed by atoms with Crippen molar-refractivity contribution in [1.82, 2.24) is 15.2 Å². The van der Waals surface area contributed by atoms with E-state index in [1.807, 2.05) is 0 Å². The van der Waals surface area contributed by atoms with Gasteiger partial charge in [-0.15, -0.1) is 0 Å². The maximum atomic E-state index is 13.1. The number of nitrogens with one attached hydrogen (secondary N) is 1. The van der Waals surface area contributed by atoms with Crippen LogP contribution in [0.1, 0.15) is 40.5 Å². The Morgan fingerprint density at radius 1 is 1.30 bits per heavy atom. The molecule has 3 rings (SSSR count). The van der Waals surface area contributed by atoms with Crippen LogP contribution in [-0.2, 0) is 19.1 Å². The molecule has 1 saturated heterocycles. The highest BCUT2D eigenvalue weighted by molar-refractivity contribution is 5.92. The smallest absolute Gasteiger partial charge is 0.408 e. The fourth-order valence-corrected chi connectivity index (χ4v) is 3.93. The summed E-state index contributed by atoms with van der Waals surface area (Å²) in [5.41, 5.74) is -0.709. The lowest BCUT2D eigenvalue weighted by Gasteiger charge is -2.30. The molecule has 2 aromatic rings. The van der Waals surface area contributed by atoms with Gasteiger partial charge in [0.15, 0.2) is 0 Å². The second kappa shape index (κ2) is 11.4. The Labute approximate surface area is 212 Å². The molecule has 0 bridgehead atoms. The van der Waals surface area contributed by atoms with Crippen molar-refractivity contribution in [3.05, 3.63) is 40.6 Å². The summed E-state index contributed by atoms with van der Waals surface area (Å²) in [5, 5.41) is 24.0. The molecule has 0 spiro atoms. The first-order valence-corrected chi connectivity index (χ1v) is 11.7. The summed E-state index contributed by atoms with van der Waals surface area (Å²) in [5.74, 6) is -1.19. The van der Waals surface area contributed by atoms with Crippen LogP contribution in [0.5, 0.6) is 5.75 Å². The van der Waals surface area contributed by atoms with Crippen LogP contribution in [0.25, 0.3) is 10.9 Å². The van der Waals surface area contributed by atoms with Crippen molar-refractivity contribution in [2.45, 2.75) is 64.3 Å². The van der Waals surface area contributed by atoms with E-state index in [2.05, 4.69) is 10.3 Å². The number of hydrogen-bond donors (Lipinski definition) is 2. The number of rotatable bonds is 8. The van der Waals surface area contributed by atoms with Gasteiger partial charge < -0.3 is 29.5 Å². The SMILES string of the molecule is C[C@@H](O)[C@H](NC(=O)OC(C)(C)C)C(=O)N1CCC[C@H]1C(=O)OCOc1ccc([N+](=O)[O-])c2cccnc12. The number of esters is 1. The van der Waals surface area contributed by atoms with E-state index < -0.39 is 53.5 Å². The van der Waals surface area contributed by atoms with Gasteiger partial charge in [-0.25, -0.2) is 9.59 Å². The molecular weight excluding hydrogens is 488 g/mol. The molecule has 2 N–H and O–H groups in total. The van der Waals surface area contributed by atoms with Crippen molar-refractivity contribution in [2.75, 3.05) is 13.3 Å². The fraction of sp³-hybridized carbons (Fsp3) is 0.500. The van der Waals surface area contributed by atoms with Crippen molar-refractivity contribution in [3.8, 4) is 5.75 Å². The van der Waals surface area contributed by atoms with Gasteiger partial charge >= 0.3 is 12.1 Å². The van der Waals surface area contributed by atoms with E-state index in [1.54, 1.807) is 26.8 Å². The number of nitrogens with zero attached hydrogens (tertiary/aromatic N) is 3. The number of amides is 2. The van der Waals surface area contributed by atoms with E-state index in [0.29, 0.717) is 12.8 Å². The van der Waals surface area contributed by atoms with E-state index in [4.69, 9.17) is 14.2 Å². The number of alkyl carbamates (subject to hydrolysis) is 1. The maximum Gasteiger partial charge on any atom is 0.408 e. The van der Waals surface area contributed by atoms with Crippen LogP contribution in [0, 0.1) is 10.1 Å². The molecule has 0 aliphatic carbocycles. The molecule has 200 valence electrons. The number of benzene rings is 1. The monoisotopic (exact) mass is 518 g/mol. The summed E-state index contributed by atoms with van der Waals surface area (Å²) >= 11 is 0. The number of nitro groups is 1. The topological polar surface area (TPSA) is 170 Å². The normalized spacial score (nSPS) is 17.1. The zero-order valence-electron chi connectivity index (χ0n) is 21.0. The summed E-state index contributed by atoms with van der Waals surface area (Å²) < 4.78 is 15.9. The van der Waals surface area contributed by atoms with Crippen LogP contribution in [0.3, 0.4) is 0 Å². The van der Waals surface area contributed by atoms with Crippen molar-refractivity contribution in [3.63, 3.8) is 0 Å². The Hall–Kier alpha value is -4.00. The molecular formula is C24H30N4O9. The molecule has 1 aliphatic heterocycles. The van der Waals surface area contributed by atoms with Crippen molar-refractivity contribution < 1.29 is 38.6 Å². The van der Waals surface area contributed by atoms with Crippen molar-refractivity contribution in [2.24, 2.45) is 0 Å². The molecule has 1 aromatic heterocycles. The van der Waals surface area contributed by atoms with E-state index in [9.17, 15) is 29.6 Å². The lowest BCUT2D eigenvalue weighted by molar-refractivity contribution is -0.383. The minimum Gasteiger partial charge on any atom is -0.455 e. The predicted octanol–water partition coefficient (Wildman–Crippen LogP) is 2.29. The van der Waals surface area contributed by atoms with E-state index in [1.165, 1.54) is 36.2 Å². The third kappa shape index (κ3) is 6.82. The number of non-ortho nitro benzene ring substituents is 1. The van der Waals surface area contributed by atoms with E-state index >= 15 is 0 Å². The van der Waals surface area contributed by atoms with E-state index in [0.717, 1.165) is 0 Å². The molecule has 0 unspecified atom stereocenters. The maximum absolute atomic E-state index is 13.1. The number of aliphatic hydroxyl groups excluding tert-OH is 1. The van der Waals surface area contributed by atoms with Gasteiger partial charge in [0.2, 0.25) is 12.7 Å². The summed E-state index contributed by atoms with van der Waals surface area (Å²) in [6.07, 6.45) is 0.177. The first-order chi connectivity index (χ1) is 17.4. The molecule has 13 nitrogen and oxygen atoms in total. The standard InChI is InChI=1S/C24H30N4O9/c1-14(29)19(26-23(32)37-24(2,3)4)21(30)27-12-6-8-17(27)22(31)36-13-35-18-10-9-16(28(33)34)15-7-5-11-25-20(15)18/h5,7,9-11,14,17,19,29H,6,8,12-13H2,1-4H3,(H,26,32)/t14-,17+,19+/m1/s1. The number of aliphatic hydroxyl groups is 1. The molecule has 3 atom stereocenters. The van der Waals surface area contributed by atoms with Crippen LogP contribution in [0.4, 0.5) is 10.5 Å². The Bertz CT molecular complexity index is 1180. The highest BCUT2D eigenvalue weighted by Gasteiger charge is 2.40. The van der Waals surface area contributed by atoms with Gasteiger partial charge in [-0.3, -0.25) is 19.9 Å². The summed E-state index contributed by atoms with van der Waals surface area (Å²) in [4.78, 5) is 54.2. The molecule has 1 aromatic carbocycles. The number of carbonyl (C=O) groups excluding carboxylic acids is 3. The average Bonchev–Trinajstić information content (AvgIpc) is 3.31.